The molecule has 130 valence electrons. The molecule has 0 aromatic heterocycles. The van der Waals surface area contributed by atoms with Gasteiger partial charge in [0.15, 0.2) is 0 Å². The van der Waals surface area contributed by atoms with Crippen molar-refractivity contribution in [3.8, 4) is 5.75 Å². The van der Waals surface area contributed by atoms with Crippen LogP contribution in [-0.4, -0.2) is 41.6 Å². The van der Waals surface area contributed by atoms with Gasteiger partial charge in [-0.2, -0.15) is 0 Å². The summed E-state index contributed by atoms with van der Waals surface area (Å²) in [5, 5.41) is 10.6. The van der Waals surface area contributed by atoms with Gasteiger partial charge in [0.25, 0.3) is 5.69 Å². The smallest absolute Gasteiger partial charge is 0.415 e. The Balaban J connectivity index is 1.80. The van der Waals surface area contributed by atoms with E-state index in [9.17, 15) is 19.7 Å². The second kappa shape index (κ2) is 8.28. The second-order valence-corrected chi connectivity index (χ2v) is 5.56. The van der Waals surface area contributed by atoms with E-state index in [4.69, 9.17) is 9.47 Å². The summed E-state index contributed by atoms with van der Waals surface area (Å²) in [6.45, 7) is 3.17. The maximum absolute atomic E-state index is 12.1. The number of nitro groups is 1. The second-order valence-electron chi connectivity index (χ2n) is 5.56. The number of carbonyl (C=O) groups excluding carboxylic acids is 2. The minimum Gasteiger partial charge on any atom is -0.466 e. The Kier molecular flexibility index (Phi) is 6.11. The molecule has 0 unspecified atom stereocenters. The van der Waals surface area contributed by atoms with Gasteiger partial charge in [0.05, 0.1) is 11.5 Å². The first kappa shape index (κ1) is 17.7. The van der Waals surface area contributed by atoms with Crippen molar-refractivity contribution in [3.05, 3.63) is 34.4 Å². The fraction of sp³-hybridized carbons (Fsp3) is 0.500. The Labute approximate surface area is 139 Å². The normalized spacial score (nSPS) is 15.0. The van der Waals surface area contributed by atoms with Gasteiger partial charge in [0.1, 0.15) is 5.75 Å². The Bertz CT molecular complexity index is 593. The number of ether oxygens (including phenoxy) is 2. The predicted octanol–water partition coefficient (Wildman–Crippen LogP) is 2.76. The quantitative estimate of drug-likeness (QED) is 0.466. The molecular weight excluding hydrogens is 316 g/mol. The summed E-state index contributed by atoms with van der Waals surface area (Å²) in [5.74, 6) is 0.274. The van der Waals surface area contributed by atoms with Crippen LogP contribution in [0.2, 0.25) is 0 Å². The van der Waals surface area contributed by atoms with Crippen molar-refractivity contribution in [3.63, 3.8) is 0 Å². The average molecular weight is 336 g/mol. The van der Waals surface area contributed by atoms with E-state index in [0.717, 1.165) is 0 Å². The van der Waals surface area contributed by atoms with Gasteiger partial charge in [0.2, 0.25) is 0 Å². The van der Waals surface area contributed by atoms with Crippen molar-refractivity contribution in [2.24, 2.45) is 5.92 Å². The number of likely N-dealkylation sites (tertiary alicyclic amines) is 1. The Morgan fingerprint density at radius 2 is 1.88 bits per heavy atom. The first-order valence-electron chi connectivity index (χ1n) is 7.86. The van der Waals surface area contributed by atoms with Gasteiger partial charge in [-0.15, -0.1) is 0 Å². The fourth-order valence-corrected chi connectivity index (χ4v) is 2.58. The maximum Gasteiger partial charge on any atom is 0.415 e. The number of nitro benzene ring substituents is 1. The molecule has 0 saturated carbocycles. The largest absolute Gasteiger partial charge is 0.466 e. The molecule has 0 spiro atoms. The highest BCUT2D eigenvalue weighted by Gasteiger charge is 2.26. The molecule has 1 saturated heterocycles. The molecule has 1 aliphatic rings. The van der Waals surface area contributed by atoms with Gasteiger partial charge in [-0.3, -0.25) is 14.9 Å². The maximum atomic E-state index is 12.1. The summed E-state index contributed by atoms with van der Waals surface area (Å²) in [6.07, 6.45) is 1.32. The fourth-order valence-electron chi connectivity index (χ4n) is 2.58. The molecule has 8 nitrogen and oxygen atoms in total. The SMILES string of the molecule is CCOC(=O)CC1CCN(C(=O)Oc2ccc([N+](=O)[O-])cc2)CC1. The summed E-state index contributed by atoms with van der Waals surface area (Å²) in [7, 11) is 0. The average Bonchev–Trinajstić information content (AvgIpc) is 2.56. The van der Waals surface area contributed by atoms with Crippen molar-refractivity contribution in [1.29, 1.82) is 0 Å². The van der Waals surface area contributed by atoms with Crippen LogP contribution in [-0.2, 0) is 9.53 Å². The molecule has 1 aliphatic heterocycles. The van der Waals surface area contributed by atoms with Crippen molar-refractivity contribution >= 4 is 17.7 Å². The highest BCUT2D eigenvalue weighted by atomic mass is 16.6. The van der Waals surface area contributed by atoms with Crippen LogP contribution in [0.1, 0.15) is 26.2 Å². The Hall–Kier alpha value is -2.64. The number of esters is 1. The zero-order valence-corrected chi connectivity index (χ0v) is 13.5. The van der Waals surface area contributed by atoms with Crippen molar-refractivity contribution in [2.75, 3.05) is 19.7 Å². The van der Waals surface area contributed by atoms with E-state index in [0.29, 0.717) is 39.0 Å². The molecule has 1 amide bonds. The van der Waals surface area contributed by atoms with Gasteiger partial charge in [0, 0.05) is 31.6 Å². The number of carbonyl (C=O) groups is 2. The molecule has 0 bridgehead atoms. The van der Waals surface area contributed by atoms with Gasteiger partial charge in [-0.05, 0) is 37.8 Å². The lowest BCUT2D eigenvalue weighted by Crippen LogP contribution is -2.40. The van der Waals surface area contributed by atoms with Crippen LogP contribution in [0.4, 0.5) is 10.5 Å². The molecule has 1 heterocycles. The van der Waals surface area contributed by atoms with Crippen LogP contribution in [0, 0.1) is 16.0 Å². The lowest BCUT2D eigenvalue weighted by Gasteiger charge is -2.30. The number of amides is 1. The minimum atomic E-state index is -0.514. The Morgan fingerprint density at radius 3 is 2.42 bits per heavy atom. The molecule has 2 rings (SSSR count). The van der Waals surface area contributed by atoms with E-state index < -0.39 is 11.0 Å². The van der Waals surface area contributed by atoms with Crippen molar-refractivity contribution in [2.45, 2.75) is 26.2 Å². The summed E-state index contributed by atoms with van der Waals surface area (Å²) in [5.41, 5.74) is -0.0606. The van der Waals surface area contributed by atoms with Gasteiger partial charge < -0.3 is 14.4 Å². The number of piperidine rings is 1. The van der Waals surface area contributed by atoms with Crippen LogP contribution >= 0.6 is 0 Å². The van der Waals surface area contributed by atoms with Gasteiger partial charge in [-0.1, -0.05) is 0 Å². The zero-order chi connectivity index (χ0) is 17.5. The summed E-state index contributed by atoms with van der Waals surface area (Å²) < 4.78 is 10.1. The molecule has 0 atom stereocenters. The highest BCUT2D eigenvalue weighted by Crippen LogP contribution is 2.23. The summed E-state index contributed by atoms with van der Waals surface area (Å²) >= 11 is 0. The predicted molar refractivity (Wildman–Crippen MR) is 84.7 cm³/mol. The summed E-state index contributed by atoms with van der Waals surface area (Å²) in [6, 6.07) is 5.36. The number of rotatable bonds is 5. The van der Waals surface area contributed by atoms with E-state index >= 15 is 0 Å². The van der Waals surface area contributed by atoms with E-state index in [1.165, 1.54) is 24.3 Å². The van der Waals surface area contributed by atoms with E-state index in [-0.39, 0.29) is 23.3 Å². The first-order valence-corrected chi connectivity index (χ1v) is 7.86. The van der Waals surface area contributed by atoms with E-state index in [1.54, 1.807) is 11.8 Å². The molecule has 1 fully saturated rings. The molecule has 8 heteroatoms. The van der Waals surface area contributed by atoms with Crippen LogP contribution in [0.15, 0.2) is 24.3 Å². The van der Waals surface area contributed by atoms with Crippen molar-refractivity contribution in [1.82, 2.24) is 4.90 Å². The molecule has 0 aliphatic carbocycles. The minimum absolute atomic E-state index is 0.0606. The third-order valence-electron chi connectivity index (χ3n) is 3.89. The number of non-ortho nitro benzene ring substituents is 1. The van der Waals surface area contributed by atoms with Crippen molar-refractivity contribution < 1.29 is 24.0 Å². The van der Waals surface area contributed by atoms with Crippen LogP contribution in [0.5, 0.6) is 5.75 Å². The molecule has 1 aromatic carbocycles. The first-order chi connectivity index (χ1) is 11.5. The number of hydrogen-bond acceptors (Lipinski definition) is 6. The van der Waals surface area contributed by atoms with Crippen LogP contribution in [0.25, 0.3) is 0 Å². The summed E-state index contributed by atoms with van der Waals surface area (Å²) in [4.78, 5) is 35.2. The monoisotopic (exact) mass is 336 g/mol. The van der Waals surface area contributed by atoms with E-state index in [1.807, 2.05) is 0 Å². The number of hydrogen-bond donors (Lipinski definition) is 0. The topological polar surface area (TPSA) is 99.0 Å². The highest BCUT2D eigenvalue weighted by molar-refractivity contribution is 5.71. The third kappa shape index (κ3) is 4.94. The molecule has 24 heavy (non-hydrogen) atoms. The van der Waals surface area contributed by atoms with Gasteiger partial charge >= 0.3 is 12.1 Å². The zero-order valence-electron chi connectivity index (χ0n) is 13.5. The third-order valence-corrected chi connectivity index (χ3v) is 3.89. The number of nitrogens with zero attached hydrogens (tertiary/aromatic N) is 2. The van der Waals surface area contributed by atoms with Crippen LogP contribution in [0.3, 0.4) is 0 Å². The Morgan fingerprint density at radius 1 is 1.25 bits per heavy atom. The molecule has 0 radical (unpaired) electrons. The molecule has 0 N–H and O–H groups in total. The molecule has 1 aromatic rings. The molecular formula is C16H20N2O6. The lowest BCUT2D eigenvalue weighted by molar-refractivity contribution is -0.384. The van der Waals surface area contributed by atoms with Crippen LogP contribution < -0.4 is 4.74 Å². The number of benzene rings is 1. The standard InChI is InChI=1S/C16H20N2O6/c1-2-23-15(19)11-12-7-9-17(10-8-12)16(20)24-14-5-3-13(4-6-14)18(21)22/h3-6,12H,2,7-11H2,1H3. The lowest BCUT2D eigenvalue weighted by atomic mass is 9.94. The van der Waals surface area contributed by atoms with E-state index in [2.05, 4.69) is 0 Å². The van der Waals surface area contributed by atoms with Gasteiger partial charge in [-0.25, -0.2) is 4.79 Å².